The van der Waals surface area contributed by atoms with Crippen molar-refractivity contribution in [2.75, 3.05) is 0 Å². The van der Waals surface area contributed by atoms with Gasteiger partial charge in [-0.25, -0.2) is 8.78 Å². The molecule has 2 rings (SSSR count). The lowest BCUT2D eigenvalue weighted by Crippen LogP contribution is -2.45. The van der Waals surface area contributed by atoms with Crippen LogP contribution in [-0.4, -0.2) is 16.9 Å². The van der Waals surface area contributed by atoms with Crippen molar-refractivity contribution in [1.82, 2.24) is 4.98 Å². The molecule has 1 unspecified atom stereocenters. The SMILES string of the molecule is CC(N)(Cc1c[nH]c2ccccc12)C(F)F. The highest BCUT2D eigenvalue weighted by atomic mass is 19.3. The first-order valence-corrected chi connectivity index (χ1v) is 5.13. The number of aromatic nitrogens is 1. The van der Waals surface area contributed by atoms with Crippen molar-refractivity contribution >= 4 is 10.9 Å². The molecule has 0 bridgehead atoms. The number of nitrogens with one attached hydrogen (secondary N) is 1. The van der Waals surface area contributed by atoms with Gasteiger partial charge in [-0.3, -0.25) is 0 Å². The number of alkyl halides is 2. The van der Waals surface area contributed by atoms with E-state index in [2.05, 4.69) is 4.98 Å². The topological polar surface area (TPSA) is 41.8 Å². The minimum atomic E-state index is -2.53. The molecular formula is C12H14F2N2. The lowest BCUT2D eigenvalue weighted by atomic mass is 9.94. The highest BCUT2D eigenvalue weighted by Gasteiger charge is 2.31. The highest BCUT2D eigenvalue weighted by Crippen LogP contribution is 2.24. The molecule has 1 aromatic heterocycles. The zero-order valence-corrected chi connectivity index (χ0v) is 9.00. The molecule has 1 heterocycles. The fraction of sp³-hybridized carbons (Fsp3) is 0.333. The standard InChI is InChI=1S/C12H14F2N2/c1-12(15,11(13)14)6-8-7-16-10-5-3-2-4-9(8)10/h2-5,7,11,16H,6,15H2,1H3. The Kier molecular flexibility index (Phi) is 2.68. The van der Waals surface area contributed by atoms with Crippen LogP contribution in [0.5, 0.6) is 0 Å². The number of nitrogens with two attached hydrogens (primary N) is 1. The van der Waals surface area contributed by atoms with Crippen molar-refractivity contribution in [3.8, 4) is 0 Å². The Morgan fingerprint density at radius 3 is 2.75 bits per heavy atom. The summed E-state index contributed by atoms with van der Waals surface area (Å²) in [6.45, 7) is 1.37. The summed E-state index contributed by atoms with van der Waals surface area (Å²) in [5, 5.41) is 0.958. The quantitative estimate of drug-likeness (QED) is 0.827. The number of H-pyrrole nitrogens is 1. The minimum Gasteiger partial charge on any atom is -0.361 e. The first-order valence-electron chi connectivity index (χ1n) is 5.13. The van der Waals surface area contributed by atoms with Crippen LogP contribution in [0, 0.1) is 0 Å². The van der Waals surface area contributed by atoms with Crippen molar-refractivity contribution < 1.29 is 8.78 Å². The molecule has 16 heavy (non-hydrogen) atoms. The third-order valence-corrected chi connectivity index (χ3v) is 2.74. The number of hydrogen-bond acceptors (Lipinski definition) is 1. The Balaban J connectivity index is 2.35. The van der Waals surface area contributed by atoms with E-state index in [4.69, 9.17) is 5.73 Å². The molecule has 0 saturated carbocycles. The number of aromatic amines is 1. The Morgan fingerprint density at radius 1 is 1.38 bits per heavy atom. The predicted molar refractivity (Wildman–Crippen MR) is 60.6 cm³/mol. The van der Waals surface area contributed by atoms with Gasteiger partial charge in [0.05, 0.1) is 5.54 Å². The van der Waals surface area contributed by atoms with Crippen LogP contribution in [0.25, 0.3) is 10.9 Å². The Hall–Kier alpha value is -1.42. The second kappa shape index (κ2) is 3.87. The molecular weight excluding hydrogens is 210 g/mol. The first kappa shape index (κ1) is 11.1. The zero-order valence-electron chi connectivity index (χ0n) is 9.00. The second-order valence-electron chi connectivity index (χ2n) is 4.34. The summed E-state index contributed by atoms with van der Waals surface area (Å²) in [7, 11) is 0. The summed E-state index contributed by atoms with van der Waals surface area (Å²) < 4.78 is 25.3. The number of para-hydroxylation sites is 1. The monoisotopic (exact) mass is 224 g/mol. The van der Waals surface area contributed by atoms with Gasteiger partial charge in [0, 0.05) is 17.1 Å². The van der Waals surface area contributed by atoms with Crippen LogP contribution in [0.4, 0.5) is 8.78 Å². The summed E-state index contributed by atoms with van der Waals surface area (Å²) in [6.07, 6.45) is -0.617. The summed E-state index contributed by atoms with van der Waals surface area (Å²) in [5.41, 5.74) is 5.88. The van der Waals surface area contributed by atoms with Gasteiger partial charge in [0.15, 0.2) is 0 Å². The van der Waals surface area contributed by atoms with Gasteiger partial charge in [-0.15, -0.1) is 0 Å². The van der Waals surface area contributed by atoms with Gasteiger partial charge >= 0.3 is 0 Å². The average molecular weight is 224 g/mol. The maximum absolute atomic E-state index is 12.7. The Morgan fingerprint density at radius 2 is 2.06 bits per heavy atom. The van der Waals surface area contributed by atoms with Crippen LogP contribution in [-0.2, 0) is 6.42 Å². The minimum absolute atomic E-state index is 0.161. The molecule has 2 nitrogen and oxygen atoms in total. The van der Waals surface area contributed by atoms with Crippen molar-refractivity contribution in [3.63, 3.8) is 0 Å². The van der Waals surface area contributed by atoms with E-state index in [9.17, 15) is 8.78 Å². The number of hydrogen-bond donors (Lipinski definition) is 2. The predicted octanol–water partition coefficient (Wildman–Crippen LogP) is 2.69. The summed E-state index contributed by atoms with van der Waals surface area (Å²) in [4.78, 5) is 3.05. The molecule has 0 fully saturated rings. The third-order valence-electron chi connectivity index (χ3n) is 2.74. The normalized spacial score (nSPS) is 15.6. The summed E-state index contributed by atoms with van der Waals surface area (Å²) in [6, 6.07) is 7.60. The van der Waals surface area contributed by atoms with Crippen LogP contribution in [0.15, 0.2) is 30.5 Å². The third kappa shape index (κ3) is 1.93. The molecule has 0 spiro atoms. The van der Waals surface area contributed by atoms with Crippen LogP contribution < -0.4 is 5.73 Å². The molecule has 3 N–H and O–H groups in total. The van der Waals surface area contributed by atoms with Crippen LogP contribution in [0.2, 0.25) is 0 Å². The van der Waals surface area contributed by atoms with E-state index in [-0.39, 0.29) is 6.42 Å². The van der Waals surface area contributed by atoms with Gasteiger partial charge in [-0.1, -0.05) is 18.2 Å². The molecule has 0 aliphatic carbocycles. The fourth-order valence-electron chi connectivity index (χ4n) is 1.77. The summed E-state index contributed by atoms with van der Waals surface area (Å²) >= 11 is 0. The van der Waals surface area contributed by atoms with Gasteiger partial charge in [0.2, 0.25) is 0 Å². The van der Waals surface area contributed by atoms with Gasteiger partial charge in [0.1, 0.15) is 0 Å². The zero-order chi connectivity index (χ0) is 11.8. The van der Waals surface area contributed by atoms with Gasteiger partial charge in [-0.05, 0) is 25.0 Å². The molecule has 0 saturated heterocycles. The van der Waals surface area contributed by atoms with E-state index in [0.717, 1.165) is 16.5 Å². The summed E-state index contributed by atoms with van der Waals surface area (Å²) in [5.74, 6) is 0. The Bertz CT molecular complexity index is 488. The number of rotatable bonds is 3. The van der Waals surface area contributed by atoms with Crippen LogP contribution in [0.1, 0.15) is 12.5 Å². The largest absolute Gasteiger partial charge is 0.361 e. The maximum Gasteiger partial charge on any atom is 0.256 e. The molecule has 2 aromatic rings. The lowest BCUT2D eigenvalue weighted by molar-refractivity contribution is 0.0641. The molecule has 0 amide bonds. The van der Waals surface area contributed by atoms with Crippen molar-refractivity contribution in [2.24, 2.45) is 5.73 Å². The molecule has 86 valence electrons. The Labute approximate surface area is 92.5 Å². The molecule has 0 aliphatic heterocycles. The molecule has 1 aromatic carbocycles. The van der Waals surface area contributed by atoms with Crippen molar-refractivity contribution in [2.45, 2.75) is 25.3 Å². The average Bonchev–Trinajstić information content (AvgIpc) is 2.61. The highest BCUT2D eigenvalue weighted by molar-refractivity contribution is 5.83. The molecule has 1 atom stereocenters. The fourth-order valence-corrected chi connectivity index (χ4v) is 1.77. The maximum atomic E-state index is 12.7. The second-order valence-corrected chi connectivity index (χ2v) is 4.34. The van der Waals surface area contributed by atoms with Gasteiger partial charge < -0.3 is 10.7 Å². The molecule has 0 aliphatic rings. The lowest BCUT2D eigenvalue weighted by Gasteiger charge is -2.23. The van der Waals surface area contributed by atoms with E-state index in [1.54, 1.807) is 6.20 Å². The van der Waals surface area contributed by atoms with Gasteiger partial charge in [-0.2, -0.15) is 0 Å². The van der Waals surface area contributed by atoms with E-state index in [1.165, 1.54) is 6.92 Å². The van der Waals surface area contributed by atoms with Gasteiger partial charge in [0.25, 0.3) is 6.43 Å². The van der Waals surface area contributed by atoms with E-state index in [1.807, 2.05) is 24.3 Å². The number of fused-ring (bicyclic) bond motifs is 1. The molecule has 0 radical (unpaired) electrons. The van der Waals surface area contributed by atoms with E-state index in [0.29, 0.717) is 0 Å². The smallest absolute Gasteiger partial charge is 0.256 e. The number of benzene rings is 1. The van der Waals surface area contributed by atoms with Crippen molar-refractivity contribution in [1.29, 1.82) is 0 Å². The van der Waals surface area contributed by atoms with Crippen LogP contribution >= 0.6 is 0 Å². The van der Waals surface area contributed by atoms with E-state index >= 15 is 0 Å². The van der Waals surface area contributed by atoms with E-state index < -0.39 is 12.0 Å². The van der Waals surface area contributed by atoms with Crippen LogP contribution in [0.3, 0.4) is 0 Å². The number of halogens is 2. The van der Waals surface area contributed by atoms with Crippen molar-refractivity contribution in [3.05, 3.63) is 36.0 Å². The first-order chi connectivity index (χ1) is 7.50. The molecule has 4 heteroatoms.